The number of benzene rings is 1. The SMILES string of the molecule is Cn1cc(CNCc2ccc([Si](C)(C)C)cc2)cn1. The van der Waals surface area contributed by atoms with Crippen molar-refractivity contribution < 1.29 is 0 Å². The maximum atomic E-state index is 4.16. The van der Waals surface area contributed by atoms with Gasteiger partial charge in [-0.3, -0.25) is 4.68 Å². The van der Waals surface area contributed by atoms with Crippen molar-refractivity contribution in [1.29, 1.82) is 0 Å². The number of aryl methyl sites for hydroxylation is 1. The molecule has 1 heterocycles. The van der Waals surface area contributed by atoms with E-state index in [0.717, 1.165) is 13.1 Å². The van der Waals surface area contributed by atoms with Crippen LogP contribution in [0.4, 0.5) is 0 Å². The molecule has 0 fully saturated rings. The van der Waals surface area contributed by atoms with E-state index in [-0.39, 0.29) is 0 Å². The lowest BCUT2D eigenvalue weighted by Crippen LogP contribution is -2.37. The summed E-state index contributed by atoms with van der Waals surface area (Å²) in [4.78, 5) is 0. The molecule has 0 aliphatic rings. The molecule has 3 nitrogen and oxygen atoms in total. The van der Waals surface area contributed by atoms with E-state index in [9.17, 15) is 0 Å². The van der Waals surface area contributed by atoms with Gasteiger partial charge in [0.2, 0.25) is 0 Å². The molecule has 0 amide bonds. The van der Waals surface area contributed by atoms with Crippen LogP contribution in [0.2, 0.25) is 19.6 Å². The van der Waals surface area contributed by atoms with E-state index in [1.165, 1.54) is 16.3 Å². The summed E-state index contributed by atoms with van der Waals surface area (Å²) in [5, 5.41) is 9.13. The molecular weight excluding hydrogens is 250 g/mol. The minimum absolute atomic E-state index is 0.865. The van der Waals surface area contributed by atoms with E-state index < -0.39 is 8.07 Å². The van der Waals surface area contributed by atoms with Gasteiger partial charge >= 0.3 is 0 Å². The molecule has 0 spiro atoms. The van der Waals surface area contributed by atoms with Crippen LogP contribution in [-0.4, -0.2) is 17.9 Å². The van der Waals surface area contributed by atoms with Crippen molar-refractivity contribution in [3.05, 3.63) is 47.8 Å². The number of nitrogens with zero attached hydrogens (tertiary/aromatic N) is 2. The molecule has 1 N–H and O–H groups in total. The first-order chi connectivity index (χ1) is 8.95. The van der Waals surface area contributed by atoms with Gasteiger partial charge in [0.05, 0.1) is 14.3 Å². The fraction of sp³-hybridized carbons (Fsp3) is 0.400. The van der Waals surface area contributed by atoms with Crippen molar-refractivity contribution in [1.82, 2.24) is 15.1 Å². The molecule has 0 radical (unpaired) electrons. The fourth-order valence-electron chi connectivity index (χ4n) is 2.04. The second-order valence-electron chi connectivity index (χ2n) is 6.07. The highest BCUT2D eigenvalue weighted by atomic mass is 28.3. The van der Waals surface area contributed by atoms with Crippen LogP contribution in [0.1, 0.15) is 11.1 Å². The first-order valence-electron chi connectivity index (χ1n) is 6.73. The predicted octanol–water partition coefficient (Wildman–Crippen LogP) is 2.26. The van der Waals surface area contributed by atoms with E-state index in [2.05, 4.69) is 54.3 Å². The van der Waals surface area contributed by atoms with Crippen LogP contribution in [-0.2, 0) is 20.1 Å². The molecule has 0 unspecified atom stereocenters. The van der Waals surface area contributed by atoms with Crippen molar-refractivity contribution in [3.8, 4) is 0 Å². The summed E-state index contributed by atoms with van der Waals surface area (Å²) in [5.41, 5.74) is 2.56. The van der Waals surface area contributed by atoms with Crippen LogP contribution >= 0.6 is 0 Å². The van der Waals surface area contributed by atoms with Crippen LogP contribution in [0.25, 0.3) is 0 Å². The summed E-state index contributed by atoms with van der Waals surface area (Å²) in [7, 11) is 0.774. The van der Waals surface area contributed by atoms with E-state index >= 15 is 0 Å². The van der Waals surface area contributed by atoms with Crippen LogP contribution < -0.4 is 10.5 Å². The summed E-state index contributed by atoms with van der Waals surface area (Å²) in [5.74, 6) is 0. The van der Waals surface area contributed by atoms with E-state index in [1.807, 2.05) is 24.1 Å². The molecule has 0 saturated carbocycles. The van der Waals surface area contributed by atoms with Crippen molar-refractivity contribution in [3.63, 3.8) is 0 Å². The van der Waals surface area contributed by atoms with Gasteiger partial charge in [0, 0.05) is 31.9 Å². The highest BCUT2D eigenvalue weighted by molar-refractivity contribution is 6.88. The molecule has 2 aromatic rings. The number of aromatic nitrogens is 2. The van der Waals surface area contributed by atoms with Gasteiger partial charge in [-0.1, -0.05) is 49.1 Å². The largest absolute Gasteiger partial charge is 0.309 e. The first kappa shape index (κ1) is 14.0. The number of nitrogens with one attached hydrogen (secondary N) is 1. The molecule has 1 aromatic carbocycles. The zero-order valence-electron chi connectivity index (χ0n) is 12.3. The van der Waals surface area contributed by atoms with Crippen molar-refractivity contribution in [2.24, 2.45) is 7.05 Å². The monoisotopic (exact) mass is 273 g/mol. The molecule has 0 aliphatic heterocycles. The Morgan fingerprint density at radius 1 is 1.05 bits per heavy atom. The molecule has 0 saturated heterocycles. The van der Waals surface area contributed by atoms with Crippen LogP contribution in [0.15, 0.2) is 36.7 Å². The molecule has 0 atom stereocenters. The topological polar surface area (TPSA) is 29.9 Å². The average Bonchev–Trinajstić information content (AvgIpc) is 2.75. The summed E-state index contributed by atoms with van der Waals surface area (Å²) in [6, 6.07) is 9.05. The Balaban J connectivity index is 1.86. The molecule has 102 valence electrons. The maximum Gasteiger partial charge on any atom is 0.0775 e. The van der Waals surface area contributed by atoms with Crippen LogP contribution in [0.5, 0.6) is 0 Å². The van der Waals surface area contributed by atoms with Gasteiger partial charge in [-0.2, -0.15) is 5.10 Å². The quantitative estimate of drug-likeness (QED) is 0.847. The minimum atomic E-state index is -1.17. The number of hydrogen-bond donors (Lipinski definition) is 1. The smallest absolute Gasteiger partial charge is 0.0775 e. The lowest BCUT2D eigenvalue weighted by molar-refractivity contribution is 0.692. The molecule has 1 aromatic heterocycles. The van der Waals surface area contributed by atoms with E-state index in [0.29, 0.717) is 0 Å². The minimum Gasteiger partial charge on any atom is -0.309 e. The Hall–Kier alpha value is -1.39. The fourth-order valence-corrected chi connectivity index (χ4v) is 3.20. The Bertz CT molecular complexity index is 523. The standard InChI is InChI=1S/C15H23N3Si/c1-18-12-14(11-17-18)10-16-9-13-5-7-15(8-6-13)19(2,3)4/h5-8,11-12,16H,9-10H2,1-4H3. The Morgan fingerprint density at radius 2 is 1.68 bits per heavy atom. The lowest BCUT2D eigenvalue weighted by Gasteiger charge is -2.16. The normalized spacial score (nSPS) is 11.8. The Labute approximate surface area is 116 Å². The third-order valence-corrected chi connectivity index (χ3v) is 5.30. The maximum absolute atomic E-state index is 4.16. The number of hydrogen-bond acceptors (Lipinski definition) is 2. The third-order valence-electron chi connectivity index (χ3n) is 3.24. The molecule has 4 heteroatoms. The third kappa shape index (κ3) is 4.04. The van der Waals surface area contributed by atoms with Gasteiger partial charge in [-0.15, -0.1) is 0 Å². The Kier molecular flexibility index (Phi) is 4.22. The summed E-state index contributed by atoms with van der Waals surface area (Å²) < 4.78 is 1.83. The molecule has 19 heavy (non-hydrogen) atoms. The molecule has 0 aliphatic carbocycles. The van der Waals surface area contributed by atoms with Gasteiger partial charge in [0.1, 0.15) is 0 Å². The zero-order chi connectivity index (χ0) is 13.9. The van der Waals surface area contributed by atoms with Gasteiger partial charge in [0.25, 0.3) is 0 Å². The van der Waals surface area contributed by atoms with Crippen LogP contribution in [0.3, 0.4) is 0 Å². The van der Waals surface area contributed by atoms with Gasteiger partial charge in [-0.05, 0) is 5.56 Å². The first-order valence-corrected chi connectivity index (χ1v) is 10.2. The highest BCUT2D eigenvalue weighted by Gasteiger charge is 2.15. The Morgan fingerprint density at radius 3 is 2.21 bits per heavy atom. The summed E-state index contributed by atoms with van der Waals surface area (Å²) in [6.07, 6.45) is 3.95. The summed E-state index contributed by atoms with van der Waals surface area (Å²) in [6.45, 7) is 8.90. The molecular formula is C15H23N3Si. The van der Waals surface area contributed by atoms with Crippen molar-refractivity contribution >= 4 is 13.3 Å². The zero-order valence-corrected chi connectivity index (χ0v) is 13.3. The average molecular weight is 273 g/mol. The summed E-state index contributed by atoms with van der Waals surface area (Å²) >= 11 is 0. The van der Waals surface area contributed by atoms with Crippen molar-refractivity contribution in [2.45, 2.75) is 32.7 Å². The van der Waals surface area contributed by atoms with Gasteiger partial charge in [-0.25, -0.2) is 0 Å². The molecule has 0 bridgehead atoms. The van der Waals surface area contributed by atoms with Crippen LogP contribution in [0, 0.1) is 0 Å². The lowest BCUT2D eigenvalue weighted by atomic mass is 10.2. The second-order valence-corrected chi connectivity index (χ2v) is 11.2. The molecule has 2 rings (SSSR count). The predicted molar refractivity (Wildman–Crippen MR) is 83.2 cm³/mol. The van der Waals surface area contributed by atoms with Crippen molar-refractivity contribution in [2.75, 3.05) is 0 Å². The second kappa shape index (κ2) is 5.71. The highest BCUT2D eigenvalue weighted by Crippen LogP contribution is 2.05. The number of rotatable bonds is 5. The van der Waals surface area contributed by atoms with E-state index in [1.54, 1.807) is 0 Å². The van der Waals surface area contributed by atoms with Gasteiger partial charge in [0.15, 0.2) is 0 Å². The van der Waals surface area contributed by atoms with Gasteiger partial charge < -0.3 is 5.32 Å². The van der Waals surface area contributed by atoms with E-state index in [4.69, 9.17) is 0 Å².